The van der Waals surface area contributed by atoms with Crippen LogP contribution in [-0.4, -0.2) is 28.0 Å². The summed E-state index contributed by atoms with van der Waals surface area (Å²) < 4.78 is 8.30. The lowest BCUT2D eigenvalue weighted by atomic mass is 9.92. The van der Waals surface area contributed by atoms with Crippen LogP contribution in [0, 0.1) is 5.92 Å². The van der Waals surface area contributed by atoms with Gasteiger partial charge in [-0.15, -0.1) is 0 Å². The van der Waals surface area contributed by atoms with Crippen LogP contribution in [0.2, 0.25) is 0 Å². The summed E-state index contributed by atoms with van der Waals surface area (Å²) in [5, 5.41) is 9.68. The van der Waals surface area contributed by atoms with Gasteiger partial charge in [0.15, 0.2) is 5.78 Å². The number of fused-ring (bicyclic) bond motifs is 1. The summed E-state index contributed by atoms with van der Waals surface area (Å²) in [6.07, 6.45) is 0.898. The van der Waals surface area contributed by atoms with Crippen molar-refractivity contribution in [3.05, 3.63) is 135 Å². The molecule has 7 heteroatoms. The number of ketones is 1. The van der Waals surface area contributed by atoms with Crippen LogP contribution in [0.5, 0.6) is 5.75 Å². The van der Waals surface area contributed by atoms with E-state index in [1.165, 1.54) is 0 Å². The maximum atomic E-state index is 12.8. The number of carbonyl (C=O) groups excluding carboxylic acids is 1. The van der Waals surface area contributed by atoms with Gasteiger partial charge in [-0.05, 0) is 54.3 Å². The number of carbonyl (C=O) groups is 2. The molecule has 1 atom stereocenters. The van der Waals surface area contributed by atoms with Crippen LogP contribution in [0.3, 0.4) is 0 Å². The Bertz CT molecular complexity index is 1640. The Balaban J connectivity index is 1.20. The van der Waals surface area contributed by atoms with E-state index >= 15 is 0 Å². The number of ether oxygens (including phenoxy) is 1. The van der Waals surface area contributed by atoms with Crippen molar-refractivity contribution in [2.24, 2.45) is 5.92 Å². The Morgan fingerprint density at radius 2 is 1.44 bits per heavy atom. The molecule has 0 saturated carbocycles. The maximum Gasteiger partial charge on any atom is 0.308 e. The highest BCUT2D eigenvalue weighted by molar-refractivity contribution is 7.16. The highest BCUT2D eigenvalue weighted by atomic mass is 32.1. The second-order valence-corrected chi connectivity index (χ2v) is 10.3. The number of rotatable bonds is 11. The second kappa shape index (κ2) is 11.9. The molecule has 5 rings (SSSR count). The van der Waals surface area contributed by atoms with Gasteiger partial charge in [0.1, 0.15) is 12.4 Å². The van der Waals surface area contributed by atoms with Gasteiger partial charge in [0.25, 0.3) is 0 Å². The Morgan fingerprint density at radius 3 is 2.10 bits per heavy atom. The molecule has 1 heterocycles. The number of benzene rings is 4. The van der Waals surface area contributed by atoms with Crippen LogP contribution >= 0.6 is 11.3 Å². The summed E-state index contributed by atoms with van der Waals surface area (Å²) in [6, 6.07) is 31.5. The predicted octanol–water partition coefficient (Wildman–Crippen LogP) is 5.86. The molecule has 1 N–H and O–H groups in total. The second-order valence-electron chi connectivity index (χ2n) is 9.32. The van der Waals surface area contributed by atoms with Crippen molar-refractivity contribution in [2.75, 3.05) is 6.61 Å². The number of aromatic nitrogens is 1. The van der Waals surface area contributed by atoms with Crippen LogP contribution in [0.1, 0.15) is 27.0 Å². The van der Waals surface area contributed by atoms with Crippen molar-refractivity contribution in [2.45, 2.75) is 19.4 Å². The third-order valence-corrected chi connectivity index (χ3v) is 7.57. The largest absolute Gasteiger partial charge is 0.492 e. The number of hydrogen-bond donors (Lipinski definition) is 1. The number of nitrogens with zero attached hydrogens (tertiary/aromatic N) is 1. The number of thiazole rings is 1. The topological polar surface area (TPSA) is 85.6 Å². The fraction of sp³-hybridized carbons (Fsp3) is 0.156. The zero-order valence-corrected chi connectivity index (χ0v) is 22.0. The van der Waals surface area contributed by atoms with Gasteiger partial charge in [0.05, 0.1) is 22.7 Å². The fourth-order valence-electron chi connectivity index (χ4n) is 4.58. The summed E-state index contributed by atoms with van der Waals surface area (Å²) >= 11 is 1.11. The summed E-state index contributed by atoms with van der Waals surface area (Å²) in [6.45, 7) is 0.659. The minimum absolute atomic E-state index is 0.0774. The molecule has 1 unspecified atom stereocenters. The molecule has 0 saturated heterocycles. The van der Waals surface area contributed by atoms with Crippen LogP contribution in [-0.2, 0) is 24.2 Å². The fourth-order valence-corrected chi connectivity index (χ4v) is 5.54. The molecular formula is C32H27NO5S. The van der Waals surface area contributed by atoms with Gasteiger partial charge >= 0.3 is 10.8 Å². The van der Waals surface area contributed by atoms with Crippen molar-refractivity contribution in [3.63, 3.8) is 0 Å². The molecular weight excluding hydrogens is 510 g/mol. The van der Waals surface area contributed by atoms with E-state index in [4.69, 9.17) is 4.74 Å². The maximum absolute atomic E-state index is 12.8. The Morgan fingerprint density at radius 1 is 0.795 bits per heavy atom. The van der Waals surface area contributed by atoms with Crippen LogP contribution in [0.15, 0.2) is 108 Å². The summed E-state index contributed by atoms with van der Waals surface area (Å²) in [7, 11) is 0. The van der Waals surface area contributed by atoms with Crippen molar-refractivity contribution >= 4 is 33.3 Å². The van der Waals surface area contributed by atoms with Gasteiger partial charge in [-0.3, -0.25) is 19.0 Å². The van der Waals surface area contributed by atoms with E-state index in [1.54, 1.807) is 28.8 Å². The molecule has 0 radical (unpaired) electrons. The van der Waals surface area contributed by atoms with Crippen LogP contribution in [0.25, 0.3) is 10.2 Å². The quantitative estimate of drug-likeness (QED) is 0.213. The van der Waals surface area contributed by atoms with Crippen LogP contribution < -0.4 is 9.61 Å². The molecule has 196 valence electrons. The van der Waals surface area contributed by atoms with Gasteiger partial charge in [-0.25, -0.2) is 0 Å². The van der Waals surface area contributed by atoms with Crippen molar-refractivity contribution in [1.29, 1.82) is 0 Å². The molecule has 0 aliphatic heterocycles. The summed E-state index contributed by atoms with van der Waals surface area (Å²) in [4.78, 5) is 37.1. The first-order valence-corrected chi connectivity index (χ1v) is 13.5. The van der Waals surface area contributed by atoms with Gasteiger partial charge < -0.3 is 9.84 Å². The lowest BCUT2D eigenvalue weighted by molar-refractivity contribution is -0.141. The molecule has 39 heavy (non-hydrogen) atoms. The Hall–Kier alpha value is -4.49. The number of carboxylic acids is 1. The number of hydrogen-bond acceptors (Lipinski definition) is 5. The molecule has 0 spiro atoms. The average molecular weight is 538 g/mol. The van der Waals surface area contributed by atoms with E-state index in [1.807, 2.05) is 78.9 Å². The molecule has 0 bridgehead atoms. The van der Waals surface area contributed by atoms with E-state index < -0.39 is 11.9 Å². The van der Waals surface area contributed by atoms with E-state index in [9.17, 15) is 19.5 Å². The minimum Gasteiger partial charge on any atom is -0.492 e. The average Bonchev–Trinajstić information content (AvgIpc) is 3.28. The lowest BCUT2D eigenvalue weighted by Crippen LogP contribution is -2.19. The van der Waals surface area contributed by atoms with E-state index in [0.29, 0.717) is 42.9 Å². The first-order valence-electron chi connectivity index (χ1n) is 12.7. The lowest BCUT2D eigenvalue weighted by Gasteiger charge is -2.13. The van der Waals surface area contributed by atoms with Gasteiger partial charge in [0, 0.05) is 11.1 Å². The van der Waals surface area contributed by atoms with Crippen molar-refractivity contribution in [1.82, 2.24) is 4.57 Å². The number of aliphatic carboxylic acids is 1. The normalized spacial score (nSPS) is 11.8. The standard InChI is InChI=1S/C32H27NO5S/c34-30(24-9-5-2-6-10-24)25-13-16-28-29(21-25)39-32(37)33(28)17-18-38-27-14-11-23(12-15-27)20-26(31(35)36)19-22-7-3-1-4-8-22/h1-16,21,26H,17-20H2,(H,35,36). The zero-order chi connectivity index (χ0) is 27.2. The van der Waals surface area contributed by atoms with Crippen molar-refractivity contribution < 1.29 is 19.4 Å². The first kappa shape index (κ1) is 26.1. The number of carboxylic acid groups (broad SMARTS) is 1. The first-order chi connectivity index (χ1) is 19.0. The van der Waals surface area contributed by atoms with Gasteiger partial charge in [-0.1, -0.05) is 84.1 Å². The van der Waals surface area contributed by atoms with E-state index in [0.717, 1.165) is 32.7 Å². The third-order valence-electron chi connectivity index (χ3n) is 6.63. The molecule has 6 nitrogen and oxygen atoms in total. The zero-order valence-electron chi connectivity index (χ0n) is 21.2. The highest BCUT2D eigenvalue weighted by Gasteiger charge is 2.19. The predicted molar refractivity (Wildman–Crippen MR) is 153 cm³/mol. The van der Waals surface area contributed by atoms with Crippen LogP contribution in [0.4, 0.5) is 0 Å². The molecule has 0 fully saturated rings. The van der Waals surface area contributed by atoms with Gasteiger partial charge in [0.2, 0.25) is 0 Å². The molecule has 0 amide bonds. The smallest absolute Gasteiger partial charge is 0.308 e. The highest BCUT2D eigenvalue weighted by Crippen LogP contribution is 2.22. The molecule has 0 aliphatic carbocycles. The van der Waals surface area contributed by atoms with E-state index in [-0.39, 0.29) is 10.7 Å². The minimum atomic E-state index is -0.816. The SMILES string of the molecule is O=C(c1ccccc1)c1ccc2c(c1)sc(=O)n2CCOc1ccc(CC(Cc2ccccc2)C(=O)O)cc1. The molecule has 5 aromatic rings. The van der Waals surface area contributed by atoms with E-state index in [2.05, 4.69) is 0 Å². The molecule has 1 aromatic heterocycles. The molecule has 4 aromatic carbocycles. The Kier molecular flexibility index (Phi) is 7.99. The Labute approximate surface area is 229 Å². The summed E-state index contributed by atoms with van der Waals surface area (Å²) in [5.74, 6) is -0.756. The third kappa shape index (κ3) is 6.33. The summed E-state index contributed by atoms with van der Waals surface area (Å²) in [5.41, 5.74) is 3.85. The monoisotopic (exact) mass is 537 g/mol. The van der Waals surface area contributed by atoms with Gasteiger partial charge in [-0.2, -0.15) is 0 Å². The molecule has 0 aliphatic rings. The van der Waals surface area contributed by atoms with Crippen molar-refractivity contribution in [3.8, 4) is 5.75 Å².